The second-order valence-corrected chi connectivity index (χ2v) is 6.49. The molecule has 0 saturated carbocycles. The van der Waals surface area contributed by atoms with Crippen molar-refractivity contribution in [3.8, 4) is 11.1 Å². The zero-order valence-corrected chi connectivity index (χ0v) is 14.0. The van der Waals surface area contributed by atoms with E-state index in [-0.39, 0.29) is 16.1 Å². The van der Waals surface area contributed by atoms with Crippen LogP contribution < -0.4 is 5.32 Å². The standard InChI is InChI=1S/C17H8Cl2N4O2/c18-11-1-8(5-22-16(11)19)23-17(24)13-12(7-3-20-6-21-4-7)14-9-2-10(9)15(13)25-14/h1,3-6H,2H2,(H,23,24). The number of aromatic nitrogens is 3. The van der Waals surface area contributed by atoms with Gasteiger partial charge in [-0.1, -0.05) is 23.2 Å². The molecule has 0 saturated heterocycles. The molecule has 0 radical (unpaired) electrons. The van der Waals surface area contributed by atoms with Crippen LogP contribution in [0.25, 0.3) is 22.3 Å². The summed E-state index contributed by atoms with van der Waals surface area (Å²) in [7, 11) is 0. The van der Waals surface area contributed by atoms with E-state index in [4.69, 9.17) is 27.6 Å². The van der Waals surface area contributed by atoms with Crippen molar-refractivity contribution < 1.29 is 9.21 Å². The van der Waals surface area contributed by atoms with Crippen LogP contribution in [-0.4, -0.2) is 20.9 Å². The topological polar surface area (TPSA) is 80.9 Å². The molecule has 122 valence electrons. The molecule has 1 amide bonds. The molecule has 1 aliphatic carbocycles. The monoisotopic (exact) mass is 370 g/mol. The summed E-state index contributed by atoms with van der Waals surface area (Å²) in [6, 6.07) is 1.55. The van der Waals surface area contributed by atoms with Crippen molar-refractivity contribution in [1.82, 2.24) is 15.0 Å². The largest absolute Gasteiger partial charge is 0.455 e. The van der Waals surface area contributed by atoms with Gasteiger partial charge in [-0.3, -0.25) is 4.79 Å². The molecule has 0 unspecified atom stereocenters. The first-order valence-electron chi connectivity index (χ1n) is 7.41. The fourth-order valence-electron chi connectivity index (χ4n) is 3.03. The van der Waals surface area contributed by atoms with Gasteiger partial charge in [0, 0.05) is 41.1 Å². The van der Waals surface area contributed by atoms with Gasteiger partial charge in [0.1, 0.15) is 22.6 Å². The van der Waals surface area contributed by atoms with Gasteiger partial charge in [-0.15, -0.1) is 0 Å². The Morgan fingerprint density at radius 1 is 1.12 bits per heavy atom. The molecule has 2 bridgehead atoms. The number of pyridine rings is 1. The molecule has 25 heavy (non-hydrogen) atoms. The highest BCUT2D eigenvalue weighted by Crippen LogP contribution is 2.50. The van der Waals surface area contributed by atoms with Gasteiger partial charge in [-0.05, 0) is 6.07 Å². The number of carbonyl (C=O) groups is 1. The molecule has 1 aliphatic rings. The highest BCUT2D eigenvalue weighted by atomic mass is 35.5. The van der Waals surface area contributed by atoms with Gasteiger partial charge in [-0.2, -0.15) is 0 Å². The molecule has 0 spiro atoms. The van der Waals surface area contributed by atoms with E-state index in [2.05, 4.69) is 20.3 Å². The van der Waals surface area contributed by atoms with Crippen LogP contribution in [0.3, 0.4) is 0 Å². The Labute approximate surface area is 151 Å². The molecule has 1 N–H and O–H groups in total. The van der Waals surface area contributed by atoms with Gasteiger partial charge in [0.25, 0.3) is 5.91 Å². The van der Waals surface area contributed by atoms with Gasteiger partial charge in [0.05, 0.1) is 22.5 Å². The van der Waals surface area contributed by atoms with Crippen molar-refractivity contribution in [2.45, 2.75) is 6.42 Å². The molecule has 8 heteroatoms. The van der Waals surface area contributed by atoms with Crippen LogP contribution in [0.5, 0.6) is 0 Å². The van der Waals surface area contributed by atoms with E-state index in [1.807, 2.05) is 0 Å². The third-order valence-electron chi connectivity index (χ3n) is 4.18. The summed E-state index contributed by atoms with van der Waals surface area (Å²) in [4.78, 5) is 24.9. The third-order valence-corrected chi connectivity index (χ3v) is 4.87. The maximum absolute atomic E-state index is 12.9. The summed E-state index contributed by atoms with van der Waals surface area (Å²) < 4.78 is 5.82. The quantitative estimate of drug-likeness (QED) is 0.481. The maximum Gasteiger partial charge on any atom is 0.260 e. The number of rotatable bonds is 3. The van der Waals surface area contributed by atoms with Crippen LogP contribution in [-0.2, 0) is 6.42 Å². The number of hydrogen-bond acceptors (Lipinski definition) is 5. The fourth-order valence-corrected chi connectivity index (χ4v) is 3.30. The normalized spacial score (nSPS) is 12.4. The number of nitrogens with zero attached hydrogens (tertiary/aromatic N) is 3. The van der Waals surface area contributed by atoms with Gasteiger partial charge in [0.15, 0.2) is 0 Å². The Kier molecular flexibility index (Phi) is 3.01. The van der Waals surface area contributed by atoms with Crippen LogP contribution in [0.2, 0.25) is 10.2 Å². The molecule has 6 nitrogen and oxygen atoms in total. The number of fused-ring (bicyclic) bond motifs is 5. The lowest BCUT2D eigenvalue weighted by molar-refractivity contribution is 0.102. The molecule has 0 aliphatic heterocycles. The minimum Gasteiger partial charge on any atom is -0.455 e. The van der Waals surface area contributed by atoms with E-state index in [1.54, 1.807) is 18.5 Å². The molecular weight excluding hydrogens is 363 g/mol. The third kappa shape index (κ3) is 2.18. The Balaban J connectivity index is 1.59. The number of nitrogens with one attached hydrogen (secondary N) is 1. The predicted molar refractivity (Wildman–Crippen MR) is 93.4 cm³/mol. The van der Waals surface area contributed by atoms with Crippen LogP contribution in [0, 0.1) is 0 Å². The van der Waals surface area contributed by atoms with Crippen molar-refractivity contribution >= 4 is 46.0 Å². The lowest BCUT2D eigenvalue weighted by atomic mass is 10.0. The molecule has 0 aromatic carbocycles. The van der Waals surface area contributed by atoms with Crippen LogP contribution in [0.1, 0.15) is 21.5 Å². The van der Waals surface area contributed by atoms with Crippen molar-refractivity contribution in [3.63, 3.8) is 0 Å². The summed E-state index contributed by atoms with van der Waals surface area (Å²) in [5, 5.41) is 3.25. The van der Waals surface area contributed by atoms with Crippen LogP contribution in [0.4, 0.5) is 5.69 Å². The molecule has 4 aromatic heterocycles. The van der Waals surface area contributed by atoms with Gasteiger partial charge >= 0.3 is 0 Å². The molecule has 0 fully saturated rings. The summed E-state index contributed by atoms with van der Waals surface area (Å²) in [5.74, 6) is -0.303. The minimum absolute atomic E-state index is 0.182. The SMILES string of the molecule is O=C(Nc1cnc(Cl)c(Cl)c1)c1c(-c2cncnc2)c2oc1c1c2C1. The first kappa shape index (κ1) is 14.6. The van der Waals surface area contributed by atoms with Crippen molar-refractivity contribution in [1.29, 1.82) is 0 Å². The molecular formula is C17H8Cl2N4O2. The highest BCUT2D eigenvalue weighted by molar-refractivity contribution is 6.41. The smallest absolute Gasteiger partial charge is 0.260 e. The second kappa shape index (κ2) is 5.15. The molecule has 0 atom stereocenters. The Hall–Kier alpha value is -2.70. The lowest BCUT2D eigenvalue weighted by Gasteiger charge is -2.07. The Morgan fingerprint density at radius 3 is 2.64 bits per heavy atom. The lowest BCUT2D eigenvalue weighted by Crippen LogP contribution is -2.13. The average molecular weight is 371 g/mol. The first-order chi connectivity index (χ1) is 12.1. The van der Waals surface area contributed by atoms with Crippen LogP contribution in [0.15, 0.2) is 35.4 Å². The van der Waals surface area contributed by atoms with Gasteiger partial charge in [0.2, 0.25) is 0 Å². The van der Waals surface area contributed by atoms with Gasteiger partial charge in [-0.25, -0.2) is 15.0 Å². The van der Waals surface area contributed by atoms with E-state index in [0.717, 1.165) is 34.3 Å². The summed E-state index contributed by atoms with van der Waals surface area (Å²) in [6.07, 6.45) is 7.07. The second-order valence-electron chi connectivity index (χ2n) is 5.72. The predicted octanol–water partition coefficient (Wildman–Crippen LogP) is 4.19. The number of halogens is 2. The number of furan rings is 2. The van der Waals surface area contributed by atoms with E-state index in [0.29, 0.717) is 16.8 Å². The average Bonchev–Trinajstić information content (AvgIpc) is 3.23. The molecule has 5 rings (SSSR count). The summed E-state index contributed by atoms with van der Waals surface area (Å²) in [5.41, 5.74) is 5.99. The van der Waals surface area contributed by atoms with E-state index < -0.39 is 0 Å². The zero-order valence-electron chi connectivity index (χ0n) is 12.5. The van der Waals surface area contributed by atoms with Crippen molar-refractivity contribution in [3.05, 3.63) is 57.9 Å². The van der Waals surface area contributed by atoms with Crippen LogP contribution >= 0.6 is 23.2 Å². The van der Waals surface area contributed by atoms with E-state index >= 15 is 0 Å². The zero-order chi connectivity index (χ0) is 17.1. The summed E-state index contributed by atoms with van der Waals surface area (Å²) >= 11 is 11.8. The number of amides is 1. The Bertz CT molecular complexity index is 1140. The van der Waals surface area contributed by atoms with E-state index in [1.165, 1.54) is 12.5 Å². The van der Waals surface area contributed by atoms with Crippen molar-refractivity contribution in [2.24, 2.45) is 0 Å². The minimum atomic E-state index is -0.303. The maximum atomic E-state index is 12.9. The first-order valence-corrected chi connectivity index (χ1v) is 8.16. The summed E-state index contributed by atoms with van der Waals surface area (Å²) in [6.45, 7) is 0. The fraction of sp³-hybridized carbons (Fsp3) is 0.0588. The number of anilines is 1. The molecule has 4 aromatic rings. The van der Waals surface area contributed by atoms with E-state index in [9.17, 15) is 4.79 Å². The Morgan fingerprint density at radius 2 is 1.88 bits per heavy atom. The van der Waals surface area contributed by atoms with Gasteiger partial charge < -0.3 is 9.73 Å². The number of benzene rings is 1. The van der Waals surface area contributed by atoms with Crippen molar-refractivity contribution in [2.75, 3.05) is 5.32 Å². The highest BCUT2D eigenvalue weighted by Gasteiger charge is 2.38. The molecule has 4 heterocycles. The number of carbonyl (C=O) groups excluding carboxylic acids is 1. The number of hydrogen-bond donors (Lipinski definition) is 1.